The summed E-state index contributed by atoms with van der Waals surface area (Å²) >= 11 is 0. The van der Waals surface area contributed by atoms with Gasteiger partial charge in [0, 0.05) is 0 Å². The molecule has 1 spiro atoms. The van der Waals surface area contributed by atoms with Crippen molar-refractivity contribution < 1.29 is 6.51 Å². The van der Waals surface area contributed by atoms with Crippen LogP contribution in [0.2, 0.25) is 65.9 Å². The second kappa shape index (κ2) is 6.34. The SMILES string of the molecule is C[Si](C)(C)[C]12[CH]3[C]4(CP(C5C6CC7CC(C6)CC5C7)C5C6CC7CC(C6)CC5C7)[C]5(CP(C6C7CC8CC(C7)CC6C8)C6C7CC8CC(C7)CC6C8)[CH]1[Fe]34521678[CH]2[CH]1[CH]6[CH]7[CH]28. The summed E-state index contributed by atoms with van der Waals surface area (Å²) in [5, 5.41) is 0. The van der Waals surface area contributed by atoms with E-state index in [1.54, 1.807) is 128 Å². The topological polar surface area (TPSA) is 0 Å². The van der Waals surface area contributed by atoms with Crippen LogP contribution >= 0.6 is 15.8 Å². The van der Waals surface area contributed by atoms with E-state index < -0.39 is 14.6 Å². The Bertz CT molecular complexity index is 2200. The molecule has 0 aromatic carbocycles. The van der Waals surface area contributed by atoms with Gasteiger partial charge in [0.1, 0.15) is 0 Å². The molecular formula is C55H80FeP2Si. The van der Waals surface area contributed by atoms with Crippen molar-refractivity contribution in [2.45, 2.75) is 217 Å². The van der Waals surface area contributed by atoms with E-state index in [1.165, 1.54) is 155 Å². The Labute approximate surface area is 352 Å². The van der Waals surface area contributed by atoms with Gasteiger partial charge in [0.05, 0.1) is 0 Å². The van der Waals surface area contributed by atoms with Gasteiger partial charge in [-0.15, -0.1) is 0 Å². The Hall–Kier alpha value is 1.60. The minimum absolute atomic E-state index is 0.228. The number of rotatable bonds is 9. The number of hydrogen-bond donors (Lipinski definition) is 0. The first-order valence-electron chi connectivity index (χ1n) is 28.1. The minimum atomic E-state index is -3.92. The fourth-order valence-electron chi connectivity index (χ4n) is 39.9. The van der Waals surface area contributed by atoms with Crippen molar-refractivity contribution in [3.05, 3.63) is 0 Å². The molecule has 16 aliphatic carbocycles. The van der Waals surface area contributed by atoms with Gasteiger partial charge in [-0.1, -0.05) is 0 Å². The van der Waals surface area contributed by atoms with Crippen molar-refractivity contribution >= 4 is 23.9 Å². The van der Waals surface area contributed by atoms with E-state index >= 15 is 0 Å². The molecule has 10 heterocycles. The van der Waals surface area contributed by atoms with Gasteiger partial charge in [-0.05, 0) is 0 Å². The molecule has 0 N–H and O–H groups in total. The average molecular weight is 887 g/mol. The van der Waals surface area contributed by atoms with Crippen molar-refractivity contribution in [1.29, 1.82) is 0 Å². The molecule has 26 rings (SSSR count). The Kier molecular flexibility index (Phi) is 3.48. The monoisotopic (exact) mass is 886 g/mol. The third-order valence-corrected chi connectivity index (χ3v) is 98.2. The van der Waals surface area contributed by atoms with Gasteiger partial charge in [-0.3, -0.25) is 0 Å². The summed E-state index contributed by atoms with van der Waals surface area (Å²) < 4.78 is 3.44. The van der Waals surface area contributed by atoms with Gasteiger partial charge in [-0.2, -0.15) is 0 Å². The van der Waals surface area contributed by atoms with E-state index in [9.17, 15) is 0 Å². The molecule has 10 aliphatic heterocycles. The molecule has 4 atom stereocenters. The van der Waals surface area contributed by atoms with Gasteiger partial charge in [0.25, 0.3) is 0 Å². The first-order valence-corrected chi connectivity index (χ1v) is 41.1. The van der Waals surface area contributed by atoms with Crippen LogP contribution in [0.3, 0.4) is 0 Å². The van der Waals surface area contributed by atoms with Gasteiger partial charge in [-0.25, -0.2) is 0 Å². The zero-order chi connectivity index (χ0) is 37.6. The summed E-state index contributed by atoms with van der Waals surface area (Å²) in [7, 11) is -0.790. The summed E-state index contributed by atoms with van der Waals surface area (Å²) in [5.74, 6) is 19.3. The van der Waals surface area contributed by atoms with E-state index in [0.717, 1.165) is 8.63 Å². The van der Waals surface area contributed by atoms with Crippen LogP contribution in [0.15, 0.2) is 0 Å². The van der Waals surface area contributed by atoms with Crippen molar-refractivity contribution in [2.75, 3.05) is 12.3 Å². The van der Waals surface area contributed by atoms with E-state index in [0.29, 0.717) is 0 Å². The summed E-state index contributed by atoms with van der Waals surface area (Å²) in [5.41, 5.74) is 5.15. The Morgan fingerprint density at radius 1 is 0.356 bits per heavy atom. The number of hydrogen-bond acceptors (Lipinski definition) is 0. The van der Waals surface area contributed by atoms with Gasteiger partial charge in [0.2, 0.25) is 0 Å². The summed E-state index contributed by atoms with van der Waals surface area (Å²) in [6.07, 6.45) is 38.7. The molecule has 10 saturated heterocycles. The van der Waals surface area contributed by atoms with E-state index in [4.69, 9.17) is 0 Å². The van der Waals surface area contributed by atoms with E-state index in [1.807, 2.05) is 0 Å². The van der Waals surface area contributed by atoms with Gasteiger partial charge in [0.15, 0.2) is 0 Å². The molecule has 0 aromatic heterocycles. The van der Waals surface area contributed by atoms with Crippen LogP contribution in [0.25, 0.3) is 0 Å². The second-order valence-corrected chi connectivity index (χ2v) is 67.4. The van der Waals surface area contributed by atoms with Crippen LogP contribution in [0.4, 0.5) is 0 Å². The summed E-state index contributed by atoms with van der Waals surface area (Å²) in [4.78, 5) is 10.7. The molecule has 0 nitrogen and oxygen atoms in total. The maximum atomic E-state index is 3.10. The third-order valence-electron chi connectivity index (χ3n) is 35.8. The summed E-state index contributed by atoms with van der Waals surface area (Å²) in [6, 6.07) is 0. The normalized spacial score (nSPS) is 84.1. The molecule has 26 fully saturated rings. The first-order chi connectivity index (χ1) is 28.4. The molecule has 0 amide bonds. The van der Waals surface area contributed by atoms with Crippen molar-refractivity contribution in [2.24, 2.45) is 94.7 Å². The fraction of sp³-hybridized carbons (Fsp3) is 1.00. The molecule has 0 aromatic rings. The second-order valence-electron chi connectivity index (χ2n) is 33.4. The molecule has 322 valence electrons. The van der Waals surface area contributed by atoms with Crippen LogP contribution in [-0.2, 0) is 6.51 Å². The fourth-order valence-corrected chi connectivity index (χ4v) is 162. The summed E-state index contributed by atoms with van der Waals surface area (Å²) in [6.45, 7) is 5.39. The van der Waals surface area contributed by atoms with Gasteiger partial charge < -0.3 is 0 Å². The van der Waals surface area contributed by atoms with Gasteiger partial charge >= 0.3 is 354 Å². The quantitative estimate of drug-likeness (QED) is 0.160. The molecular weight excluding hydrogens is 806 g/mol. The van der Waals surface area contributed by atoms with Crippen molar-refractivity contribution in [3.8, 4) is 0 Å². The third kappa shape index (κ3) is 1.31. The molecule has 4 unspecified atom stereocenters. The predicted octanol–water partition coefficient (Wildman–Crippen LogP) is 15.6. The molecule has 4 heteroatoms. The Morgan fingerprint density at radius 2 is 0.576 bits per heavy atom. The average Bonchev–Trinajstić information content (AvgIpc) is 4.12. The molecule has 59 heavy (non-hydrogen) atoms. The zero-order valence-electron chi connectivity index (χ0n) is 37.4. The zero-order valence-corrected chi connectivity index (χ0v) is 41.3. The van der Waals surface area contributed by atoms with Crippen LogP contribution in [0.5, 0.6) is 0 Å². The van der Waals surface area contributed by atoms with E-state index in [-0.39, 0.29) is 15.8 Å². The van der Waals surface area contributed by atoms with Crippen molar-refractivity contribution in [1.82, 2.24) is 0 Å². The number of fused-ring (bicyclic) bond motifs is 10. The molecule has 16 saturated carbocycles. The van der Waals surface area contributed by atoms with Crippen LogP contribution in [-0.4, -0.2) is 43.0 Å². The molecule has 16 bridgehead atoms. The van der Waals surface area contributed by atoms with Crippen LogP contribution < -0.4 is 0 Å². The molecule has 0 radical (unpaired) electrons. The van der Waals surface area contributed by atoms with Crippen LogP contribution in [0, 0.1) is 94.7 Å². The Balaban J connectivity index is 0.762. The Morgan fingerprint density at radius 3 is 0.763 bits per heavy atom. The van der Waals surface area contributed by atoms with Crippen molar-refractivity contribution in [3.63, 3.8) is 0 Å². The predicted molar refractivity (Wildman–Crippen MR) is 245 cm³/mol. The van der Waals surface area contributed by atoms with Crippen LogP contribution in [0.1, 0.15) is 128 Å². The standard InChI is InChI=1S/C50H75P2Si.C5H5.Fe/c1-53(2,3)46-24-44(26-51(47-36-8-28-4-29(10-36)11-37(47)9-28)48-38-12-30-5-31(14-38)15-39(48)13-30)45(25-46)27-52(49-40-16-32-6-33(18-40)19-41(49)17-32)50-42-20-34-7-35(22-42)23-43(50)21-34;1-2-4-5-3-1;/h24-25,28-43,47-50H,4-23,26-27H2,1-3H3;1-5H;. The molecule has 26 aliphatic rings. The first kappa shape index (κ1) is 32.3. The van der Waals surface area contributed by atoms with E-state index in [2.05, 4.69) is 32.0 Å². The maximum absolute atomic E-state index is 3.92.